The Morgan fingerprint density at radius 2 is 1.52 bits per heavy atom. The number of fused-ring (bicyclic) bond motifs is 2. The average molecular weight is 1090 g/mol. The summed E-state index contributed by atoms with van der Waals surface area (Å²) in [6.45, 7) is 4.20. The van der Waals surface area contributed by atoms with Gasteiger partial charge in [0.2, 0.25) is 6.61 Å². The molecule has 4 heterocycles. The highest BCUT2D eigenvalue weighted by Crippen LogP contribution is 2.42. The van der Waals surface area contributed by atoms with Gasteiger partial charge >= 0.3 is 11.9 Å². The zero-order valence-electron chi connectivity index (χ0n) is 40.8. The van der Waals surface area contributed by atoms with E-state index in [0.717, 1.165) is 33.4 Å². The fourth-order valence-electron chi connectivity index (χ4n) is 8.54. The van der Waals surface area contributed by atoms with Crippen LogP contribution in [-0.4, -0.2) is 85.8 Å². The van der Waals surface area contributed by atoms with Crippen LogP contribution in [0.5, 0.6) is 5.75 Å². The number of anilines is 1. The molecule has 0 radical (unpaired) electrons. The zero-order valence-corrected chi connectivity index (χ0v) is 44.0. The number of hydrogen-bond acceptors (Lipinski definition) is 16. The van der Waals surface area contributed by atoms with Crippen molar-refractivity contribution < 1.29 is 46.8 Å². The van der Waals surface area contributed by atoms with E-state index in [4.69, 9.17) is 24.0 Å². The number of carbonyl (C=O) groups excluding carboxylic acids is 4. The molecule has 2 unspecified atom stereocenters. The summed E-state index contributed by atoms with van der Waals surface area (Å²) in [6.07, 6.45) is 0. The molecule has 2 amide bonds. The van der Waals surface area contributed by atoms with Crippen molar-refractivity contribution in [2.75, 3.05) is 30.5 Å². The van der Waals surface area contributed by atoms with E-state index in [1.165, 1.54) is 54.0 Å². The Balaban J connectivity index is 1.02. The van der Waals surface area contributed by atoms with Crippen LogP contribution in [0.2, 0.25) is 0 Å². The zero-order chi connectivity index (χ0) is 52.9. The van der Waals surface area contributed by atoms with Crippen molar-refractivity contribution in [2.45, 2.75) is 54.1 Å². The molecule has 20 heteroatoms. The maximum absolute atomic E-state index is 14.6. The van der Waals surface area contributed by atoms with Crippen LogP contribution < -0.4 is 20.8 Å². The van der Waals surface area contributed by atoms with Gasteiger partial charge in [-0.3, -0.25) is 23.5 Å². The maximum Gasteiger partial charge on any atom is 0.355 e. The number of rotatable bonds is 18. The van der Waals surface area contributed by atoms with Crippen molar-refractivity contribution in [3.05, 3.63) is 200 Å². The molecular formula is C55H48FN5O10S4. The summed E-state index contributed by atoms with van der Waals surface area (Å²) in [5, 5.41) is 11.5. The fourth-order valence-corrected chi connectivity index (χ4v) is 13.4. The predicted molar refractivity (Wildman–Crippen MR) is 287 cm³/mol. The van der Waals surface area contributed by atoms with Crippen LogP contribution in [0.4, 0.5) is 9.52 Å². The van der Waals surface area contributed by atoms with Crippen LogP contribution in [0.25, 0.3) is 10.1 Å². The molecule has 0 bridgehead atoms. The number of nitrogens with one attached hydrogen (secondary N) is 2. The lowest BCUT2D eigenvalue weighted by atomic mass is 9.77. The summed E-state index contributed by atoms with van der Waals surface area (Å²) in [7, 11) is -0.378. The van der Waals surface area contributed by atoms with Crippen molar-refractivity contribution in [1.29, 1.82) is 0 Å². The first kappa shape index (κ1) is 52.3. The number of oxime groups is 1. The number of β-lactam (4-membered cyclic amide) rings is 1. The van der Waals surface area contributed by atoms with Crippen LogP contribution in [0.3, 0.4) is 0 Å². The first-order chi connectivity index (χ1) is 36.1. The number of thiazole rings is 1. The summed E-state index contributed by atoms with van der Waals surface area (Å²) in [5.74, 6) is -3.48. The number of esters is 2. The molecule has 2 aromatic heterocycles. The second kappa shape index (κ2) is 22.5. The lowest BCUT2D eigenvalue weighted by molar-refractivity contribution is -0.160. The number of halogens is 1. The van der Waals surface area contributed by atoms with Crippen molar-refractivity contribution in [2.24, 2.45) is 5.16 Å². The molecule has 0 spiro atoms. The monoisotopic (exact) mass is 1090 g/mol. The maximum atomic E-state index is 14.6. The van der Waals surface area contributed by atoms with Gasteiger partial charge < -0.3 is 29.7 Å². The van der Waals surface area contributed by atoms with Crippen LogP contribution in [0.1, 0.15) is 48.7 Å². The van der Waals surface area contributed by atoms with E-state index in [1.54, 1.807) is 50.4 Å². The first-order valence-electron chi connectivity index (χ1n) is 23.3. The second-order valence-corrected chi connectivity index (χ2v) is 22.9. The van der Waals surface area contributed by atoms with Gasteiger partial charge in [0.05, 0.1) is 27.9 Å². The molecule has 2 aliphatic rings. The van der Waals surface area contributed by atoms with Gasteiger partial charge in [0.25, 0.3) is 11.8 Å². The Kier molecular flexibility index (Phi) is 15.7. The molecule has 0 saturated carbocycles. The largest absolute Gasteiger partial charge is 0.497 e. The van der Waals surface area contributed by atoms with Gasteiger partial charge in [-0.05, 0) is 78.9 Å². The number of carbonyl (C=O) groups is 4. The Morgan fingerprint density at radius 1 is 0.880 bits per heavy atom. The van der Waals surface area contributed by atoms with Crippen molar-refractivity contribution in [3.8, 4) is 5.75 Å². The number of hydrogen-bond donors (Lipinski definition) is 2. The van der Waals surface area contributed by atoms with E-state index in [2.05, 4.69) is 15.8 Å². The Morgan fingerprint density at radius 3 is 2.13 bits per heavy atom. The highest BCUT2D eigenvalue weighted by atomic mass is 32.2. The number of methoxy groups -OCH3 is 1. The summed E-state index contributed by atoms with van der Waals surface area (Å²) in [4.78, 5) is 80.4. The van der Waals surface area contributed by atoms with E-state index in [-0.39, 0.29) is 34.9 Å². The molecule has 7 aromatic rings. The number of amides is 2. The summed E-state index contributed by atoms with van der Waals surface area (Å²) in [5.41, 5.74) is 0.868. The van der Waals surface area contributed by atoms with Crippen LogP contribution in [0.15, 0.2) is 170 Å². The average Bonchev–Trinajstić information content (AvgIpc) is 3.87. The Bertz CT molecular complexity index is 3330. The molecule has 1 fully saturated rings. The number of nitrogens with zero attached hydrogens (tertiary/aromatic N) is 3. The van der Waals surface area contributed by atoms with Gasteiger partial charge in [-0.1, -0.05) is 108 Å². The lowest BCUT2D eigenvalue weighted by Crippen LogP contribution is -2.74. The van der Waals surface area contributed by atoms with Gasteiger partial charge in [0.15, 0.2) is 16.3 Å². The fraction of sp³-hybridized carbons (Fsp3) is 0.218. The van der Waals surface area contributed by atoms with Crippen molar-refractivity contribution >= 4 is 89.9 Å². The van der Waals surface area contributed by atoms with E-state index in [1.807, 2.05) is 91.0 Å². The first-order valence-corrected chi connectivity index (χ1v) is 27.4. The summed E-state index contributed by atoms with van der Waals surface area (Å²) >= 11 is 3.50. The molecule has 75 heavy (non-hydrogen) atoms. The van der Waals surface area contributed by atoms with Crippen molar-refractivity contribution in [3.63, 3.8) is 0 Å². The number of aromatic nitrogens is 1. The molecule has 1 saturated heterocycles. The SMILES string of the molecule is COc1ccc(COC(=O)C2=C(CSc3cc(=O)c4ccc(F)cc4s3)CS(=O)[C@@H]3C(NC(=O)/C(=N\OCC(=O)OC(C)(C)C)c4csc(NC(c5ccccc5)(c5ccccc5)c5ccccc5)n4)C(=O)N23)cc1. The molecule has 384 valence electrons. The van der Waals surface area contributed by atoms with Crippen LogP contribution >= 0.6 is 34.4 Å². The minimum absolute atomic E-state index is 0.00902. The van der Waals surface area contributed by atoms with Gasteiger partial charge in [0, 0.05) is 27.3 Å². The van der Waals surface area contributed by atoms with Crippen molar-refractivity contribution in [1.82, 2.24) is 15.2 Å². The predicted octanol–water partition coefficient (Wildman–Crippen LogP) is 8.54. The van der Waals surface area contributed by atoms with Gasteiger partial charge in [0.1, 0.15) is 52.1 Å². The number of benzene rings is 5. The van der Waals surface area contributed by atoms with Crippen LogP contribution in [-0.2, 0) is 56.4 Å². The Labute approximate surface area is 445 Å². The number of ether oxygens (including phenoxy) is 3. The van der Waals surface area contributed by atoms with E-state index < -0.39 is 75.2 Å². The summed E-state index contributed by atoms with van der Waals surface area (Å²) in [6, 6.07) is 40.1. The third-order valence-corrected chi connectivity index (χ3v) is 16.7. The Hall–Kier alpha value is -7.52. The van der Waals surface area contributed by atoms with Gasteiger partial charge in [-0.15, -0.1) is 34.4 Å². The third-order valence-electron chi connectivity index (χ3n) is 11.9. The van der Waals surface area contributed by atoms with E-state index >= 15 is 0 Å². The lowest BCUT2D eigenvalue weighted by Gasteiger charge is -2.49. The highest BCUT2D eigenvalue weighted by Gasteiger charge is 2.57. The standard InChI is InChI=1S/C55H48FN5O10S4/c1-54(2,3)71-44(63)29-70-60-46(41-31-73-53(57-41)59-55(35-14-8-5-9-15-35,36-16-10-6-11-17-36)37-18-12-7-13-19-37)49(64)58-47-50(65)61-48(52(66)69-28-33-20-23-39(68-4)24-21-33)34(32-75(67)51(47)61)30-72-45-27-42(62)40-25-22-38(56)26-43(40)74-45/h5-27,31,47,51H,28-30,32H2,1-4H3,(H,57,59)(H,58,64)/b60-46-/t47?,51-,75?/m1/s1. The van der Waals surface area contributed by atoms with E-state index in [9.17, 15) is 32.6 Å². The molecule has 5 aromatic carbocycles. The molecule has 2 aliphatic heterocycles. The molecule has 9 rings (SSSR count). The van der Waals surface area contributed by atoms with Gasteiger partial charge in [-0.25, -0.2) is 19.0 Å². The smallest absolute Gasteiger partial charge is 0.355 e. The molecular weight excluding hydrogens is 1040 g/mol. The molecule has 0 aliphatic carbocycles. The molecule has 2 N–H and O–H groups in total. The van der Waals surface area contributed by atoms with E-state index in [0.29, 0.717) is 36.3 Å². The third kappa shape index (κ3) is 11.6. The number of thioether (sulfide) groups is 1. The highest BCUT2D eigenvalue weighted by molar-refractivity contribution is 8.01. The quantitative estimate of drug-likeness (QED) is 0.0208. The topological polar surface area (TPSA) is 192 Å². The van der Waals surface area contributed by atoms with Crippen LogP contribution in [0, 0.1) is 5.82 Å². The van der Waals surface area contributed by atoms with Gasteiger partial charge in [-0.2, -0.15) is 0 Å². The summed E-state index contributed by atoms with van der Waals surface area (Å²) < 4.78 is 45.9. The minimum Gasteiger partial charge on any atom is -0.497 e. The normalized spacial score (nSPS) is 16.7. The molecule has 15 nitrogen and oxygen atoms in total. The second-order valence-electron chi connectivity index (χ2n) is 18.1. The minimum atomic E-state index is -1.90. The molecule has 3 atom stereocenters.